The van der Waals surface area contributed by atoms with Crippen LogP contribution in [0.4, 0.5) is 5.69 Å². The molecule has 0 unspecified atom stereocenters. The maximum absolute atomic E-state index is 12.5. The lowest BCUT2D eigenvalue weighted by Gasteiger charge is -2.44. The summed E-state index contributed by atoms with van der Waals surface area (Å²) in [5, 5.41) is 10.7. The summed E-state index contributed by atoms with van der Waals surface area (Å²) in [5.74, 6) is -3.07. The molecule has 130 valence electrons. The molecule has 0 bridgehead atoms. The van der Waals surface area contributed by atoms with Crippen molar-refractivity contribution in [3.05, 3.63) is 29.8 Å². The summed E-state index contributed by atoms with van der Waals surface area (Å²) in [6.45, 7) is 4.29. The van der Waals surface area contributed by atoms with Crippen LogP contribution in [0.3, 0.4) is 0 Å². The summed E-state index contributed by atoms with van der Waals surface area (Å²) < 4.78 is 0. The molecule has 0 aliphatic heterocycles. The quantitative estimate of drug-likeness (QED) is 0.854. The van der Waals surface area contributed by atoms with Gasteiger partial charge in [-0.3, -0.25) is 14.4 Å². The second-order valence-corrected chi connectivity index (χ2v) is 7.19. The molecule has 1 fully saturated rings. The summed E-state index contributed by atoms with van der Waals surface area (Å²) >= 11 is 0. The number of hydrogen-bond acceptors (Lipinski definition) is 5. The molecule has 1 aromatic rings. The molecule has 1 N–H and O–H groups in total. The number of anilines is 1. The highest BCUT2D eigenvalue weighted by molar-refractivity contribution is 6.05. The van der Waals surface area contributed by atoms with Crippen LogP contribution >= 0.6 is 0 Å². The summed E-state index contributed by atoms with van der Waals surface area (Å²) in [4.78, 5) is 38.8. The van der Waals surface area contributed by atoms with Crippen molar-refractivity contribution >= 4 is 23.0 Å². The number of carbonyl (C=O) groups excluding carboxylic acids is 3. The maximum Gasteiger partial charge on any atom is 0.146 e. The first kappa shape index (κ1) is 18.3. The lowest BCUT2D eigenvalue weighted by atomic mass is 9.60. The molecule has 1 aliphatic rings. The smallest absolute Gasteiger partial charge is 0.146 e. The number of Topliss-reactive ketones (excluding diaryl/α,β-unsaturated/α-hetero) is 3. The molecule has 0 saturated heterocycles. The maximum atomic E-state index is 12.5. The van der Waals surface area contributed by atoms with E-state index in [0.29, 0.717) is 0 Å². The van der Waals surface area contributed by atoms with Crippen molar-refractivity contribution in [1.29, 1.82) is 0 Å². The van der Waals surface area contributed by atoms with Crippen LogP contribution in [0.2, 0.25) is 0 Å². The summed E-state index contributed by atoms with van der Waals surface area (Å²) in [6, 6.07) is 7.44. The van der Waals surface area contributed by atoms with Gasteiger partial charge in [-0.2, -0.15) is 0 Å². The van der Waals surface area contributed by atoms with E-state index < -0.39 is 23.4 Å². The summed E-state index contributed by atoms with van der Waals surface area (Å²) in [6.07, 6.45) is -0.173. The van der Waals surface area contributed by atoms with E-state index >= 15 is 0 Å². The predicted molar refractivity (Wildman–Crippen MR) is 92.1 cm³/mol. The molecule has 5 nitrogen and oxygen atoms in total. The highest BCUT2D eigenvalue weighted by Gasteiger charge is 2.53. The number of hydrogen-bond donors (Lipinski definition) is 1. The van der Waals surface area contributed by atoms with Crippen LogP contribution in [0.15, 0.2) is 24.3 Å². The van der Waals surface area contributed by atoms with Gasteiger partial charge in [-0.15, -0.1) is 0 Å². The molecule has 0 aromatic heterocycles. The van der Waals surface area contributed by atoms with Gasteiger partial charge < -0.3 is 10.0 Å². The minimum atomic E-state index is -1.44. The highest BCUT2D eigenvalue weighted by Crippen LogP contribution is 2.46. The molecule has 0 amide bonds. The van der Waals surface area contributed by atoms with Crippen LogP contribution in [-0.2, 0) is 14.4 Å². The standard InChI is InChI=1S/C19H25NO4/c1-11(21)16-15(23)10-19(3,24)18(12(2)22)17(16)13-6-8-14(9-7-13)20(4)5/h6-9,16-18,24H,10H2,1-5H3/t16-,17-,18+,19-/m1/s1. The van der Waals surface area contributed by atoms with E-state index in [1.54, 1.807) is 0 Å². The van der Waals surface area contributed by atoms with Gasteiger partial charge in [-0.05, 0) is 38.5 Å². The van der Waals surface area contributed by atoms with Gasteiger partial charge in [-0.25, -0.2) is 0 Å². The van der Waals surface area contributed by atoms with E-state index in [1.165, 1.54) is 20.8 Å². The van der Waals surface area contributed by atoms with Crippen molar-refractivity contribution in [1.82, 2.24) is 0 Å². The Kier molecular flexibility index (Phi) is 4.95. The van der Waals surface area contributed by atoms with E-state index in [4.69, 9.17) is 0 Å². The van der Waals surface area contributed by atoms with Gasteiger partial charge in [0.25, 0.3) is 0 Å². The minimum absolute atomic E-state index is 0.173. The molecule has 1 saturated carbocycles. The van der Waals surface area contributed by atoms with E-state index in [9.17, 15) is 19.5 Å². The molecule has 1 aromatic carbocycles. The number of carbonyl (C=O) groups is 3. The average Bonchev–Trinajstić information content (AvgIpc) is 2.44. The number of benzene rings is 1. The fourth-order valence-corrected chi connectivity index (χ4v) is 3.90. The number of rotatable bonds is 4. The third-order valence-electron chi connectivity index (χ3n) is 4.94. The Hall–Kier alpha value is -2.01. The molecule has 4 atom stereocenters. The molecule has 2 rings (SSSR count). The molecule has 0 radical (unpaired) electrons. The van der Waals surface area contributed by atoms with Crippen molar-refractivity contribution in [2.45, 2.75) is 38.7 Å². The zero-order valence-electron chi connectivity index (χ0n) is 14.9. The fourth-order valence-electron chi connectivity index (χ4n) is 3.90. The number of aliphatic hydroxyl groups is 1. The predicted octanol–water partition coefficient (Wildman–Crippen LogP) is 1.97. The van der Waals surface area contributed by atoms with Crippen LogP contribution in [0.5, 0.6) is 0 Å². The second kappa shape index (κ2) is 6.48. The van der Waals surface area contributed by atoms with E-state index in [0.717, 1.165) is 11.3 Å². The van der Waals surface area contributed by atoms with Gasteiger partial charge in [0.05, 0.1) is 17.4 Å². The fraction of sp³-hybridized carbons (Fsp3) is 0.526. The van der Waals surface area contributed by atoms with Crippen LogP contribution in [0.25, 0.3) is 0 Å². The van der Waals surface area contributed by atoms with Gasteiger partial charge in [-0.1, -0.05) is 12.1 Å². The van der Waals surface area contributed by atoms with Gasteiger partial charge >= 0.3 is 0 Å². The minimum Gasteiger partial charge on any atom is -0.389 e. The molecular formula is C19H25NO4. The first-order chi connectivity index (χ1) is 11.1. The monoisotopic (exact) mass is 331 g/mol. The van der Waals surface area contributed by atoms with Crippen molar-refractivity contribution in [2.24, 2.45) is 11.8 Å². The Morgan fingerprint density at radius 1 is 1.12 bits per heavy atom. The Morgan fingerprint density at radius 3 is 2.08 bits per heavy atom. The van der Waals surface area contributed by atoms with Crippen LogP contribution in [0.1, 0.15) is 38.7 Å². The van der Waals surface area contributed by atoms with Crippen molar-refractivity contribution < 1.29 is 19.5 Å². The zero-order chi connectivity index (χ0) is 18.2. The van der Waals surface area contributed by atoms with Gasteiger partial charge in [0.2, 0.25) is 0 Å². The normalized spacial score (nSPS) is 30.1. The third-order valence-corrected chi connectivity index (χ3v) is 4.94. The Labute approximate surface area is 142 Å². The summed E-state index contributed by atoms with van der Waals surface area (Å²) in [5.41, 5.74) is 0.264. The zero-order valence-corrected chi connectivity index (χ0v) is 14.9. The Balaban J connectivity index is 2.58. The first-order valence-corrected chi connectivity index (χ1v) is 8.09. The van der Waals surface area contributed by atoms with Gasteiger partial charge in [0.1, 0.15) is 17.3 Å². The van der Waals surface area contributed by atoms with Crippen molar-refractivity contribution in [2.75, 3.05) is 19.0 Å². The van der Waals surface area contributed by atoms with E-state index in [-0.39, 0.29) is 23.8 Å². The lowest BCUT2D eigenvalue weighted by Crippen LogP contribution is -2.53. The van der Waals surface area contributed by atoms with Crippen LogP contribution in [0, 0.1) is 11.8 Å². The highest BCUT2D eigenvalue weighted by atomic mass is 16.3. The largest absolute Gasteiger partial charge is 0.389 e. The van der Waals surface area contributed by atoms with E-state index in [2.05, 4.69) is 0 Å². The summed E-state index contributed by atoms with van der Waals surface area (Å²) in [7, 11) is 3.83. The van der Waals surface area contributed by atoms with Crippen molar-refractivity contribution in [3.63, 3.8) is 0 Å². The van der Waals surface area contributed by atoms with Crippen LogP contribution < -0.4 is 4.90 Å². The first-order valence-electron chi connectivity index (χ1n) is 8.09. The molecule has 0 spiro atoms. The van der Waals surface area contributed by atoms with Gasteiger partial charge in [0.15, 0.2) is 0 Å². The SMILES string of the molecule is CC(=O)[C@@H]1C(=O)C[C@@](C)(O)[C@@H](C(C)=O)[C@@H]1c1ccc(N(C)C)cc1. The molecular weight excluding hydrogens is 306 g/mol. The molecule has 0 heterocycles. The van der Waals surface area contributed by atoms with Crippen LogP contribution in [-0.4, -0.2) is 42.2 Å². The van der Waals surface area contributed by atoms with E-state index in [1.807, 2.05) is 43.3 Å². The molecule has 5 heteroatoms. The Morgan fingerprint density at radius 2 is 1.67 bits per heavy atom. The van der Waals surface area contributed by atoms with Crippen molar-refractivity contribution in [3.8, 4) is 0 Å². The lowest BCUT2D eigenvalue weighted by molar-refractivity contribution is -0.151. The number of ketones is 3. The Bertz CT molecular complexity index is 660. The second-order valence-electron chi connectivity index (χ2n) is 7.19. The molecule has 24 heavy (non-hydrogen) atoms. The third kappa shape index (κ3) is 3.26. The van der Waals surface area contributed by atoms with Gasteiger partial charge in [0, 0.05) is 32.1 Å². The average molecular weight is 331 g/mol. The number of nitrogens with zero attached hydrogens (tertiary/aromatic N) is 1. The topological polar surface area (TPSA) is 74.7 Å². The molecule has 1 aliphatic carbocycles.